The third-order valence-corrected chi connectivity index (χ3v) is 4.57. The first-order chi connectivity index (χ1) is 11.5. The summed E-state index contributed by atoms with van der Waals surface area (Å²) in [6.07, 6.45) is 0. The smallest absolute Gasteiger partial charge is 0.0991 e. The molecular weight excluding hydrogens is 294 g/mol. The number of nitriles is 1. The van der Waals surface area contributed by atoms with Crippen molar-refractivity contribution in [3.63, 3.8) is 0 Å². The Balaban J connectivity index is 2.21. The molecule has 118 valence electrons. The predicted molar refractivity (Wildman–Crippen MR) is 98.4 cm³/mol. The number of nitrogens with zero attached hydrogens (tertiary/aromatic N) is 1. The van der Waals surface area contributed by atoms with Gasteiger partial charge in [0.05, 0.1) is 11.6 Å². The topological polar surface area (TPSA) is 75.8 Å². The Hall–Kier alpha value is -3.25. The highest BCUT2D eigenvalue weighted by atomic mass is 14.5. The minimum atomic E-state index is -0.366. The van der Waals surface area contributed by atoms with Gasteiger partial charge in [-0.05, 0) is 60.0 Å². The molecule has 0 bridgehead atoms. The van der Waals surface area contributed by atoms with Crippen molar-refractivity contribution in [2.24, 2.45) is 0 Å². The van der Waals surface area contributed by atoms with Crippen LogP contribution in [0, 0.1) is 11.3 Å². The summed E-state index contributed by atoms with van der Waals surface area (Å²) in [5.41, 5.74) is 16.8. The Morgan fingerprint density at radius 3 is 1.33 bits per heavy atom. The Bertz CT molecular complexity index is 825. The summed E-state index contributed by atoms with van der Waals surface area (Å²) in [6, 6.07) is 25.7. The average Bonchev–Trinajstić information content (AvgIpc) is 2.62. The average molecular weight is 313 g/mol. The minimum Gasteiger partial charge on any atom is -0.399 e. The Kier molecular flexibility index (Phi) is 3.97. The normalized spacial score (nSPS) is 11.0. The van der Waals surface area contributed by atoms with E-state index in [1.807, 2.05) is 72.8 Å². The molecule has 0 radical (unpaired) electrons. The van der Waals surface area contributed by atoms with Crippen molar-refractivity contribution in [3.05, 3.63) is 95.1 Å². The molecule has 3 rings (SSSR count). The number of hydrogen-bond donors (Lipinski definition) is 2. The lowest BCUT2D eigenvalue weighted by atomic mass is 9.71. The second-order valence-corrected chi connectivity index (χ2v) is 6.06. The number of benzene rings is 3. The van der Waals surface area contributed by atoms with Crippen molar-refractivity contribution in [1.82, 2.24) is 0 Å². The van der Waals surface area contributed by atoms with Crippen LogP contribution in [0.5, 0.6) is 0 Å². The van der Waals surface area contributed by atoms with Crippen LogP contribution >= 0.6 is 0 Å². The molecule has 4 N–H and O–H groups in total. The maximum absolute atomic E-state index is 9.05. The summed E-state index contributed by atoms with van der Waals surface area (Å²) in [5.74, 6) is 0. The number of hydrogen-bond acceptors (Lipinski definition) is 3. The first-order valence-corrected chi connectivity index (χ1v) is 7.77. The number of nitrogens with two attached hydrogens (primary N) is 2. The van der Waals surface area contributed by atoms with Crippen LogP contribution in [0.3, 0.4) is 0 Å². The number of rotatable bonds is 3. The molecule has 3 heteroatoms. The van der Waals surface area contributed by atoms with Gasteiger partial charge in [0.2, 0.25) is 0 Å². The van der Waals surface area contributed by atoms with E-state index in [4.69, 9.17) is 16.7 Å². The highest BCUT2D eigenvalue weighted by Crippen LogP contribution is 2.39. The van der Waals surface area contributed by atoms with Gasteiger partial charge in [0.1, 0.15) is 0 Å². The second-order valence-electron chi connectivity index (χ2n) is 6.06. The zero-order valence-corrected chi connectivity index (χ0v) is 13.5. The van der Waals surface area contributed by atoms with E-state index in [9.17, 15) is 0 Å². The molecule has 0 saturated carbocycles. The van der Waals surface area contributed by atoms with Gasteiger partial charge >= 0.3 is 0 Å². The van der Waals surface area contributed by atoms with E-state index in [-0.39, 0.29) is 5.41 Å². The fourth-order valence-electron chi connectivity index (χ4n) is 3.01. The largest absolute Gasteiger partial charge is 0.399 e. The molecule has 0 spiro atoms. The van der Waals surface area contributed by atoms with Crippen molar-refractivity contribution < 1.29 is 0 Å². The summed E-state index contributed by atoms with van der Waals surface area (Å²) in [4.78, 5) is 0. The zero-order valence-electron chi connectivity index (χ0n) is 13.5. The van der Waals surface area contributed by atoms with E-state index in [1.54, 1.807) is 0 Å². The van der Waals surface area contributed by atoms with E-state index >= 15 is 0 Å². The molecule has 0 atom stereocenters. The third-order valence-electron chi connectivity index (χ3n) is 4.57. The molecule has 3 aromatic carbocycles. The predicted octanol–water partition coefficient (Wildman–Crippen LogP) is 4.08. The Morgan fingerprint density at radius 2 is 1.00 bits per heavy atom. The molecule has 0 aromatic heterocycles. The van der Waals surface area contributed by atoms with Gasteiger partial charge < -0.3 is 11.5 Å². The zero-order chi connectivity index (χ0) is 17.2. The molecule has 0 aliphatic carbocycles. The van der Waals surface area contributed by atoms with Crippen LogP contribution in [0.4, 0.5) is 11.4 Å². The number of anilines is 2. The Morgan fingerprint density at radius 1 is 0.667 bits per heavy atom. The monoisotopic (exact) mass is 313 g/mol. The molecule has 0 amide bonds. The molecule has 3 aromatic rings. The van der Waals surface area contributed by atoms with Crippen molar-refractivity contribution in [2.75, 3.05) is 11.5 Å². The van der Waals surface area contributed by atoms with Crippen molar-refractivity contribution >= 4 is 11.4 Å². The molecule has 3 nitrogen and oxygen atoms in total. The van der Waals surface area contributed by atoms with Crippen LogP contribution in [0.15, 0.2) is 72.8 Å². The second kappa shape index (κ2) is 6.10. The number of nitrogen functional groups attached to an aromatic ring is 2. The van der Waals surface area contributed by atoms with Crippen LogP contribution < -0.4 is 11.5 Å². The SMILES string of the molecule is CC(c1ccc(N)cc1)(c1ccc(N)cc1)c1ccc(C#N)cc1. The summed E-state index contributed by atoms with van der Waals surface area (Å²) in [6.45, 7) is 2.17. The first-order valence-electron chi connectivity index (χ1n) is 7.77. The summed E-state index contributed by atoms with van der Waals surface area (Å²) in [7, 11) is 0. The lowest BCUT2D eigenvalue weighted by Gasteiger charge is -2.32. The molecule has 0 aliphatic heterocycles. The minimum absolute atomic E-state index is 0.366. The van der Waals surface area contributed by atoms with Crippen molar-refractivity contribution in [3.8, 4) is 6.07 Å². The lowest BCUT2D eigenvalue weighted by molar-refractivity contribution is 0.693. The molecule has 0 saturated heterocycles. The van der Waals surface area contributed by atoms with Gasteiger partial charge in [-0.25, -0.2) is 0 Å². The van der Waals surface area contributed by atoms with E-state index in [0.717, 1.165) is 28.1 Å². The van der Waals surface area contributed by atoms with Crippen molar-refractivity contribution in [2.45, 2.75) is 12.3 Å². The van der Waals surface area contributed by atoms with E-state index < -0.39 is 0 Å². The van der Waals surface area contributed by atoms with E-state index in [0.29, 0.717) is 5.56 Å². The standard InChI is InChI=1S/C21H19N3/c1-21(17-6-10-19(23)11-7-17,18-8-12-20(24)13-9-18)16-4-2-15(14-22)3-5-16/h2-13H,23-24H2,1H3. The van der Waals surface area contributed by atoms with Gasteiger partial charge in [-0.1, -0.05) is 36.4 Å². The third kappa shape index (κ3) is 2.70. The Labute approximate surface area is 142 Å². The van der Waals surface area contributed by atoms with Crippen molar-refractivity contribution in [1.29, 1.82) is 5.26 Å². The van der Waals surface area contributed by atoms with E-state index in [1.165, 1.54) is 0 Å². The van der Waals surface area contributed by atoms with E-state index in [2.05, 4.69) is 13.0 Å². The molecule has 0 aliphatic rings. The molecule has 0 heterocycles. The lowest BCUT2D eigenvalue weighted by Crippen LogP contribution is -2.25. The summed E-state index contributed by atoms with van der Waals surface area (Å²) >= 11 is 0. The summed E-state index contributed by atoms with van der Waals surface area (Å²) < 4.78 is 0. The first kappa shape index (κ1) is 15.6. The van der Waals surface area contributed by atoms with Crippen LogP contribution in [0.2, 0.25) is 0 Å². The van der Waals surface area contributed by atoms with Crippen LogP contribution in [0.1, 0.15) is 29.2 Å². The maximum Gasteiger partial charge on any atom is 0.0991 e. The highest BCUT2D eigenvalue weighted by molar-refractivity contribution is 5.54. The van der Waals surface area contributed by atoms with Crippen LogP contribution in [-0.2, 0) is 5.41 Å². The highest BCUT2D eigenvalue weighted by Gasteiger charge is 2.31. The molecule has 24 heavy (non-hydrogen) atoms. The van der Waals surface area contributed by atoms with Gasteiger partial charge in [-0.15, -0.1) is 0 Å². The van der Waals surface area contributed by atoms with Crippen LogP contribution in [0.25, 0.3) is 0 Å². The fourth-order valence-corrected chi connectivity index (χ4v) is 3.01. The molecule has 0 unspecified atom stereocenters. The fraction of sp³-hybridized carbons (Fsp3) is 0.0952. The molecule has 0 fully saturated rings. The van der Waals surface area contributed by atoms with Gasteiger partial charge in [0.15, 0.2) is 0 Å². The van der Waals surface area contributed by atoms with Gasteiger partial charge in [0.25, 0.3) is 0 Å². The summed E-state index contributed by atoms with van der Waals surface area (Å²) in [5, 5.41) is 9.05. The van der Waals surface area contributed by atoms with Crippen LogP contribution in [-0.4, -0.2) is 0 Å². The quantitative estimate of drug-likeness (QED) is 0.565. The van der Waals surface area contributed by atoms with Gasteiger partial charge in [-0.3, -0.25) is 0 Å². The van der Waals surface area contributed by atoms with Gasteiger partial charge in [-0.2, -0.15) is 5.26 Å². The maximum atomic E-state index is 9.05. The van der Waals surface area contributed by atoms with Gasteiger partial charge in [0, 0.05) is 16.8 Å². The molecular formula is C21H19N3.